The Bertz CT molecular complexity index is 503. The van der Waals surface area contributed by atoms with Gasteiger partial charge in [0.15, 0.2) is 0 Å². The van der Waals surface area contributed by atoms with Gasteiger partial charge in [0.2, 0.25) is 0 Å². The molecule has 0 bridgehead atoms. The molecule has 0 unspecified atom stereocenters. The van der Waals surface area contributed by atoms with Crippen LogP contribution < -0.4 is 0 Å². The zero-order valence-corrected chi connectivity index (χ0v) is 12.0. The topological polar surface area (TPSA) is 40.5 Å². The Labute approximate surface area is 115 Å². The van der Waals surface area contributed by atoms with E-state index in [9.17, 15) is 4.79 Å². The van der Waals surface area contributed by atoms with E-state index in [1.807, 2.05) is 6.07 Å². The van der Waals surface area contributed by atoms with Crippen molar-refractivity contribution in [3.8, 4) is 11.8 Å². The first-order valence-corrected chi connectivity index (χ1v) is 6.29. The number of aliphatic hydroxyl groups is 1. The summed E-state index contributed by atoms with van der Waals surface area (Å²) in [6, 6.07) is 7.17. The predicted octanol–water partition coefficient (Wildman–Crippen LogP) is 2.15. The second-order valence-electron chi connectivity index (χ2n) is 5.76. The minimum Gasteiger partial charge on any atom is -0.384 e. The summed E-state index contributed by atoms with van der Waals surface area (Å²) >= 11 is 0. The van der Waals surface area contributed by atoms with Crippen molar-refractivity contribution in [2.75, 3.05) is 20.2 Å². The highest BCUT2D eigenvalue weighted by molar-refractivity contribution is 5.94. The van der Waals surface area contributed by atoms with Crippen molar-refractivity contribution < 1.29 is 9.90 Å². The van der Waals surface area contributed by atoms with Gasteiger partial charge in [-0.15, -0.1) is 0 Å². The van der Waals surface area contributed by atoms with E-state index in [1.54, 1.807) is 30.1 Å². The van der Waals surface area contributed by atoms with E-state index in [2.05, 4.69) is 32.6 Å². The minimum absolute atomic E-state index is 0.0115. The molecular weight excluding hydrogens is 238 g/mol. The fourth-order valence-electron chi connectivity index (χ4n) is 1.88. The molecular formula is C16H21NO2. The molecule has 0 aromatic heterocycles. The molecule has 1 amide bonds. The van der Waals surface area contributed by atoms with Gasteiger partial charge in [-0.05, 0) is 23.6 Å². The fraction of sp³-hybridized carbons (Fsp3) is 0.438. The van der Waals surface area contributed by atoms with Crippen molar-refractivity contribution in [2.24, 2.45) is 5.41 Å². The number of hydrogen-bond donors (Lipinski definition) is 1. The summed E-state index contributed by atoms with van der Waals surface area (Å²) in [7, 11) is 1.81. The summed E-state index contributed by atoms with van der Waals surface area (Å²) in [6.07, 6.45) is 0. The van der Waals surface area contributed by atoms with E-state index >= 15 is 0 Å². The molecule has 0 saturated heterocycles. The standard InChI is InChI=1S/C16H21NO2/c1-16(2,3)12-17(4)15(19)14-9-5-7-13(11-14)8-6-10-18/h5,7,9,11,18H,10,12H2,1-4H3. The molecule has 3 heteroatoms. The van der Waals surface area contributed by atoms with E-state index in [1.165, 1.54) is 0 Å². The molecule has 19 heavy (non-hydrogen) atoms. The van der Waals surface area contributed by atoms with E-state index in [-0.39, 0.29) is 17.9 Å². The second-order valence-corrected chi connectivity index (χ2v) is 5.76. The fourth-order valence-corrected chi connectivity index (χ4v) is 1.88. The number of amides is 1. The van der Waals surface area contributed by atoms with Crippen LogP contribution in [0, 0.1) is 17.3 Å². The van der Waals surface area contributed by atoms with Crippen LogP contribution in [0.25, 0.3) is 0 Å². The number of carbonyl (C=O) groups excluding carboxylic acids is 1. The predicted molar refractivity (Wildman–Crippen MR) is 76.8 cm³/mol. The molecule has 1 aromatic carbocycles. The average Bonchev–Trinajstić information content (AvgIpc) is 2.33. The lowest BCUT2D eigenvalue weighted by Crippen LogP contribution is -2.34. The highest BCUT2D eigenvalue weighted by Gasteiger charge is 2.18. The van der Waals surface area contributed by atoms with Crippen LogP contribution in [0.5, 0.6) is 0 Å². The molecule has 0 aliphatic rings. The normalized spacial score (nSPS) is 10.6. The largest absolute Gasteiger partial charge is 0.384 e. The number of aliphatic hydroxyl groups excluding tert-OH is 1. The summed E-state index contributed by atoms with van der Waals surface area (Å²) in [4.78, 5) is 14.0. The minimum atomic E-state index is -0.178. The number of nitrogens with zero attached hydrogens (tertiary/aromatic N) is 1. The van der Waals surface area contributed by atoms with E-state index < -0.39 is 0 Å². The lowest BCUT2D eigenvalue weighted by molar-refractivity contribution is 0.0745. The van der Waals surface area contributed by atoms with Crippen LogP contribution >= 0.6 is 0 Å². The summed E-state index contributed by atoms with van der Waals surface area (Å²) in [5, 5.41) is 8.67. The third kappa shape index (κ3) is 5.15. The second kappa shape index (κ2) is 6.40. The third-order valence-electron chi connectivity index (χ3n) is 2.48. The third-order valence-corrected chi connectivity index (χ3v) is 2.48. The summed E-state index contributed by atoms with van der Waals surface area (Å²) in [5.41, 5.74) is 1.43. The van der Waals surface area contributed by atoms with Gasteiger partial charge in [0.1, 0.15) is 6.61 Å². The van der Waals surface area contributed by atoms with Crippen molar-refractivity contribution in [3.05, 3.63) is 35.4 Å². The van der Waals surface area contributed by atoms with Gasteiger partial charge in [-0.1, -0.05) is 38.7 Å². The number of rotatable bonds is 2. The molecule has 3 nitrogen and oxygen atoms in total. The monoisotopic (exact) mass is 259 g/mol. The smallest absolute Gasteiger partial charge is 0.253 e. The molecule has 102 valence electrons. The number of hydrogen-bond acceptors (Lipinski definition) is 2. The molecule has 0 atom stereocenters. The first-order valence-electron chi connectivity index (χ1n) is 6.29. The van der Waals surface area contributed by atoms with Gasteiger partial charge in [-0.3, -0.25) is 4.79 Å². The van der Waals surface area contributed by atoms with Crippen LogP contribution in [0.3, 0.4) is 0 Å². The Balaban J connectivity index is 2.88. The Morgan fingerprint density at radius 3 is 2.63 bits per heavy atom. The summed E-state index contributed by atoms with van der Waals surface area (Å²) in [6.45, 7) is 6.81. The van der Waals surface area contributed by atoms with Crippen LogP contribution in [0.4, 0.5) is 0 Å². The van der Waals surface area contributed by atoms with Gasteiger partial charge < -0.3 is 10.0 Å². The molecule has 0 heterocycles. The lowest BCUT2D eigenvalue weighted by Gasteiger charge is -2.26. The zero-order valence-electron chi connectivity index (χ0n) is 12.0. The number of benzene rings is 1. The van der Waals surface area contributed by atoms with Crippen LogP contribution in [0.15, 0.2) is 24.3 Å². The highest BCUT2D eigenvalue weighted by atomic mass is 16.2. The maximum Gasteiger partial charge on any atom is 0.253 e. The molecule has 1 rings (SSSR count). The maximum absolute atomic E-state index is 12.3. The van der Waals surface area contributed by atoms with Gasteiger partial charge >= 0.3 is 0 Å². The van der Waals surface area contributed by atoms with Crippen molar-refractivity contribution in [2.45, 2.75) is 20.8 Å². The SMILES string of the molecule is CN(CC(C)(C)C)C(=O)c1cccc(C#CCO)c1. The summed E-state index contributed by atoms with van der Waals surface area (Å²) in [5.74, 6) is 5.37. The van der Waals surface area contributed by atoms with E-state index in [0.717, 1.165) is 5.56 Å². The molecule has 1 aromatic rings. The van der Waals surface area contributed by atoms with Gasteiger partial charge in [0.05, 0.1) is 0 Å². The summed E-state index contributed by atoms with van der Waals surface area (Å²) < 4.78 is 0. The van der Waals surface area contributed by atoms with E-state index in [4.69, 9.17) is 5.11 Å². The average molecular weight is 259 g/mol. The van der Waals surface area contributed by atoms with Crippen molar-refractivity contribution in [3.63, 3.8) is 0 Å². The number of carbonyl (C=O) groups is 1. The Morgan fingerprint density at radius 2 is 2.05 bits per heavy atom. The molecule has 0 radical (unpaired) electrons. The first-order chi connectivity index (χ1) is 8.83. The molecule has 0 aliphatic heterocycles. The van der Waals surface area contributed by atoms with Crippen molar-refractivity contribution in [1.29, 1.82) is 0 Å². The zero-order chi connectivity index (χ0) is 14.5. The lowest BCUT2D eigenvalue weighted by atomic mass is 9.96. The Morgan fingerprint density at radius 1 is 1.37 bits per heavy atom. The maximum atomic E-state index is 12.3. The highest BCUT2D eigenvalue weighted by Crippen LogP contribution is 2.16. The molecule has 0 aliphatic carbocycles. The quantitative estimate of drug-likeness (QED) is 0.827. The molecule has 1 N–H and O–H groups in total. The van der Waals surface area contributed by atoms with Crippen LogP contribution in [-0.4, -0.2) is 36.1 Å². The van der Waals surface area contributed by atoms with Gasteiger partial charge in [0.25, 0.3) is 5.91 Å². The van der Waals surface area contributed by atoms with Crippen LogP contribution in [-0.2, 0) is 0 Å². The van der Waals surface area contributed by atoms with Gasteiger partial charge in [-0.2, -0.15) is 0 Å². The van der Waals surface area contributed by atoms with Crippen LogP contribution in [0.1, 0.15) is 36.7 Å². The van der Waals surface area contributed by atoms with Gasteiger partial charge in [-0.25, -0.2) is 0 Å². The first kappa shape index (κ1) is 15.3. The Kier molecular flexibility index (Phi) is 5.14. The van der Waals surface area contributed by atoms with Crippen molar-refractivity contribution in [1.82, 2.24) is 4.90 Å². The van der Waals surface area contributed by atoms with Crippen molar-refractivity contribution >= 4 is 5.91 Å². The van der Waals surface area contributed by atoms with Gasteiger partial charge in [0, 0.05) is 24.7 Å². The Hall–Kier alpha value is -1.79. The molecule has 0 spiro atoms. The molecule has 0 fully saturated rings. The van der Waals surface area contributed by atoms with E-state index in [0.29, 0.717) is 12.1 Å². The van der Waals surface area contributed by atoms with Crippen LogP contribution in [0.2, 0.25) is 0 Å². The molecule has 0 saturated carbocycles.